The van der Waals surface area contributed by atoms with E-state index in [4.69, 9.17) is 0 Å². The van der Waals surface area contributed by atoms with Gasteiger partial charge in [0.2, 0.25) is 0 Å². The molecule has 0 fully saturated rings. The summed E-state index contributed by atoms with van der Waals surface area (Å²) in [6, 6.07) is 0. The van der Waals surface area contributed by atoms with Gasteiger partial charge >= 0.3 is 0 Å². The van der Waals surface area contributed by atoms with Crippen molar-refractivity contribution < 1.29 is 0 Å². The van der Waals surface area contributed by atoms with Gasteiger partial charge in [0.1, 0.15) is 0 Å². The van der Waals surface area contributed by atoms with Crippen molar-refractivity contribution in [3.8, 4) is 0 Å². The Kier molecular flexibility index (Phi) is 11.0. The van der Waals surface area contributed by atoms with E-state index in [1.807, 2.05) is 11.8 Å². The summed E-state index contributed by atoms with van der Waals surface area (Å²) >= 11 is 5.46. The maximum absolute atomic E-state index is 3.41. The SMILES string of the molecule is CC=CCSC1=CN(SCC=CC)NN(SCC=CC)C1. The standard InChI is InChI=1S/C15H25N3S3/c1-4-7-10-19-15-13-17(20-11-8-5-2)16-18(14-15)21-12-9-6-3/h4-9,13,16H,10-12,14H2,1-3H3. The van der Waals surface area contributed by atoms with Gasteiger partial charge in [0.25, 0.3) is 0 Å². The van der Waals surface area contributed by atoms with Gasteiger partial charge in [-0.2, -0.15) is 4.41 Å². The zero-order chi connectivity index (χ0) is 15.3. The largest absolute Gasteiger partial charge is 0.242 e. The first-order valence-corrected chi connectivity index (χ1v) is 9.93. The van der Waals surface area contributed by atoms with Crippen molar-refractivity contribution in [2.24, 2.45) is 0 Å². The Morgan fingerprint density at radius 2 is 1.62 bits per heavy atom. The summed E-state index contributed by atoms with van der Waals surface area (Å²) < 4.78 is 4.30. The normalized spacial score (nSPS) is 17.5. The molecular weight excluding hydrogens is 318 g/mol. The highest BCUT2D eigenvalue weighted by atomic mass is 32.2. The van der Waals surface area contributed by atoms with Crippen molar-refractivity contribution in [1.82, 2.24) is 14.4 Å². The van der Waals surface area contributed by atoms with Gasteiger partial charge in [-0.05, 0) is 32.7 Å². The Morgan fingerprint density at radius 3 is 2.29 bits per heavy atom. The van der Waals surface area contributed by atoms with Crippen LogP contribution in [0.4, 0.5) is 0 Å². The van der Waals surface area contributed by atoms with Gasteiger partial charge < -0.3 is 0 Å². The quantitative estimate of drug-likeness (QED) is 0.483. The number of hydrogen-bond acceptors (Lipinski definition) is 6. The van der Waals surface area contributed by atoms with Crippen LogP contribution in [0.1, 0.15) is 20.8 Å². The summed E-state index contributed by atoms with van der Waals surface area (Å²) in [4.78, 5) is 1.38. The fourth-order valence-electron chi connectivity index (χ4n) is 1.41. The first-order chi connectivity index (χ1) is 10.3. The van der Waals surface area contributed by atoms with E-state index in [-0.39, 0.29) is 0 Å². The molecule has 0 aromatic heterocycles. The Balaban J connectivity index is 2.55. The van der Waals surface area contributed by atoms with E-state index in [1.54, 1.807) is 23.9 Å². The predicted molar refractivity (Wildman–Crippen MR) is 102 cm³/mol. The van der Waals surface area contributed by atoms with Crippen molar-refractivity contribution in [1.29, 1.82) is 0 Å². The fraction of sp³-hybridized carbons (Fsp3) is 0.467. The minimum absolute atomic E-state index is 0.936. The molecule has 0 saturated heterocycles. The molecule has 0 radical (unpaired) electrons. The second-order valence-corrected chi connectivity index (χ2v) is 7.33. The van der Waals surface area contributed by atoms with Crippen LogP contribution in [-0.4, -0.2) is 32.6 Å². The molecule has 0 spiro atoms. The summed E-state index contributed by atoms with van der Waals surface area (Å²) in [5.41, 5.74) is 3.41. The lowest BCUT2D eigenvalue weighted by Crippen LogP contribution is -2.44. The van der Waals surface area contributed by atoms with Gasteiger partial charge in [-0.25, -0.2) is 4.41 Å². The molecule has 1 heterocycles. The highest BCUT2D eigenvalue weighted by Crippen LogP contribution is 2.26. The third-order valence-electron chi connectivity index (χ3n) is 2.48. The molecule has 1 aliphatic rings. The lowest BCUT2D eigenvalue weighted by Gasteiger charge is -2.33. The molecule has 1 rings (SSSR count). The number of nitrogens with one attached hydrogen (secondary N) is 1. The summed E-state index contributed by atoms with van der Waals surface area (Å²) in [7, 11) is 0. The topological polar surface area (TPSA) is 18.5 Å². The van der Waals surface area contributed by atoms with Crippen LogP contribution in [0.25, 0.3) is 0 Å². The average molecular weight is 344 g/mol. The van der Waals surface area contributed by atoms with Crippen LogP contribution >= 0.6 is 35.7 Å². The van der Waals surface area contributed by atoms with Crippen molar-refractivity contribution >= 4 is 35.7 Å². The predicted octanol–water partition coefficient (Wildman–Crippen LogP) is 4.62. The van der Waals surface area contributed by atoms with Gasteiger partial charge in [0, 0.05) is 28.4 Å². The van der Waals surface area contributed by atoms with Crippen LogP contribution in [0.2, 0.25) is 0 Å². The summed E-state index contributed by atoms with van der Waals surface area (Å²) in [6.45, 7) is 7.11. The van der Waals surface area contributed by atoms with E-state index in [0.29, 0.717) is 0 Å². The summed E-state index contributed by atoms with van der Waals surface area (Å²) in [5.74, 6) is 2.99. The molecule has 1 aliphatic heterocycles. The van der Waals surface area contributed by atoms with Crippen molar-refractivity contribution in [2.75, 3.05) is 23.8 Å². The molecule has 21 heavy (non-hydrogen) atoms. The van der Waals surface area contributed by atoms with Crippen LogP contribution in [0.3, 0.4) is 0 Å². The number of hydrazine groups is 2. The number of allylic oxidation sites excluding steroid dienone is 3. The summed E-state index contributed by atoms with van der Waals surface area (Å²) in [6.07, 6.45) is 15.0. The first-order valence-electron chi connectivity index (χ1n) is 7.06. The lowest BCUT2D eigenvalue weighted by atomic mass is 10.6. The third kappa shape index (κ3) is 8.68. The minimum Gasteiger partial charge on any atom is -0.242 e. The molecule has 0 aliphatic carbocycles. The van der Waals surface area contributed by atoms with Crippen molar-refractivity contribution in [3.05, 3.63) is 47.6 Å². The molecule has 0 aromatic rings. The fourth-order valence-corrected chi connectivity index (χ4v) is 4.15. The molecule has 0 bridgehead atoms. The van der Waals surface area contributed by atoms with Gasteiger partial charge in [-0.3, -0.25) is 0 Å². The average Bonchev–Trinajstić information content (AvgIpc) is 2.48. The molecule has 3 nitrogen and oxygen atoms in total. The molecule has 1 N–H and O–H groups in total. The number of hydrogen-bond donors (Lipinski definition) is 1. The van der Waals surface area contributed by atoms with E-state index >= 15 is 0 Å². The monoisotopic (exact) mass is 343 g/mol. The third-order valence-corrected chi connectivity index (χ3v) is 5.11. The van der Waals surface area contributed by atoms with Gasteiger partial charge in [-0.1, -0.05) is 48.4 Å². The second kappa shape index (κ2) is 12.3. The van der Waals surface area contributed by atoms with E-state index in [9.17, 15) is 0 Å². The van der Waals surface area contributed by atoms with Crippen LogP contribution in [0, 0.1) is 0 Å². The highest BCUT2D eigenvalue weighted by Gasteiger charge is 2.17. The maximum Gasteiger partial charge on any atom is 0.0588 e. The molecule has 0 atom stereocenters. The lowest BCUT2D eigenvalue weighted by molar-refractivity contribution is 0.235. The van der Waals surface area contributed by atoms with Crippen molar-refractivity contribution in [3.63, 3.8) is 0 Å². The van der Waals surface area contributed by atoms with Crippen LogP contribution < -0.4 is 5.53 Å². The second-order valence-electron chi connectivity index (χ2n) is 4.17. The van der Waals surface area contributed by atoms with Gasteiger partial charge in [-0.15, -0.1) is 17.3 Å². The van der Waals surface area contributed by atoms with E-state index in [1.165, 1.54) is 4.91 Å². The minimum atomic E-state index is 0.936. The van der Waals surface area contributed by atoms with Crippen LogP contribution in [-0.2, 0) is 0 Å². The molecule has 118 valence electrons. The van der Waals surface area contributed by atoms with Crippen LogP contribution in [0.15, 0.2) is 47.6 Å². The number of nitrogens with zero attached hydrogens (tertiary/aromatic N) is 2. The first kappa shape index (κ1) is 18.8. The molecular formula is C15H25N3S3. The Hall–Kier alpha value is -0.270. The van der Waals surface area contributed by atoms with Gasteiger partial charge in [0.15, 0.2) is 0 Å². The molecule has 0 saturated carbocycles. The molecule has 0 unspecified atom stereocenters. The smallest absolute Gasteiger partial charge is 0.0588 e. The summed E-state index contributed by atoms with van der Waals surface area (Å²) in [5, 5.41) is 0. The molecule has 0 amide bonds. The Bertz CT molecular complexity index is 392. The Morgan fingerprint density at radius 1 is 1.00 bits per heavy atom. The Labute approximate surface area is 142 Å². The molecule has 0 aromatic carbocycles. The zero-order valence-corrected chi connectivity index (χ0v) is 15.4. The van der Waals surface area contributed by atoms with E-state index in [0.717, 1.165) is 23.8 Å². The van der Waals surface area contributed by atoms with Crippen molar-refractivity contribution in [2.45, 2.75) is 20.8 Å². The number of thioether (sulfide) groups is 1. The van der Waals surface area contributed by atoms with Crippen LogP contribution in [0.5, 0.6) is 0 Å². The highest BCUT2D eigenvalue weighted by molar-refractivity contribution is 8.03. The van der Waals surface area contributed by atoms with E-state index < -0.39 is 0 Å². The maximum atomic E-state index is 3.41. The number of rotatable bonds is 9. The van der Waals surface area contributed by atoms with Gasteiger partial charge in [0.05, 0.1) is 6.54 Å². The molecule has 6 heteroatoms. The van der Waals surface area contributed by atoms with E-state index in [2.05, 4.69) is 77.8 Å². The zero-order valence-electron chi connectivity index (χ0n) is 13.0.